The monoisotopic (exact) mass is 438 g/mol. The number of para-hydroxylation sites is 2. The van der Waals surface area contributed by atoms with Gasteiger partial charge in [-0.1, -0.05) is 18.6 Å². The predicted molar refractivity (Wildman–Crippen MR) is 126 cm³/mol. The van der Waals surface area contributed by atoms with Gasteiger partial charge in [0, 0.05) is 32.4 Å². The summed E-state index contributed by atoms with van der Waals surface area (Å²) in [4.78, 5) is 11.9. The average Bonchev–Trinajstić information content (AvgIpc) is 2.84. The van der Waals surface area contributed by atoms with Crippen LogP contribution >= 0.6 is 0 Å². The minimum atomic E-state index is 0.542. The van der Waals surface area contributed by atoms with Gasteiger partial charge < -0.3 is 19.5 Å². The van der Waals surface area contributed by atoms with Crippen LogP contribution in [0.4, 0.5) is 0 Å². The molecule has 0 bridgehead atoms. The highest BCUT2D eigenvalue weighted by molar-refractivity contribution is 6.00. The van der Waals surface area contributed by atoms with Gasteiger partial charge in [-0.2, -0.15) is 0 Å². The van der Waals surface area contributed by atoms with Crippen LogP contribution < -0.4 is 14.8 Å². The SMILES string of the molecule is c1ccc2c(c1)OCCCCCCN=C(NCCCN1CCOCC1)c1cccnc1O2. The van der Waals surface area contributed by atoms with E-state index in [0.29, 0.717) is 18.2 Å². The highest BCUT2D eigenvalue weighted by atomic mass is 16.5. The molecule has 2 aliphatic heterocycles. The lowest BCUT2D eigenvalue weighted by Gasteiger charge is -2.26. The fourth-order valence-corrected chi connectivity index (χ4v) is 3.92. The maximum absolute atomic E-state index is 6.24. The Bertz CT molecular complexity index is 868. The van der Waals surface area contributed by atoms with Crippen molar-refractivity contribution in [1.29, 1.82) is 0 Å². The number of nitrogens with one attached hydrogen (secondary N) is 1. The van der Waals surface area contributed by atoms with Gasteiger partial charge in [0.25, 0.3) is 0 Å². The number of aliphatic imine (C=N–C) groups is 1. The van der Waals surface area contributed by atoms with Crippen LogP contribution in [0.1, 0.15) is 37.7 Å². The van der Waals surface area contributed by atoms with Crippen molar-refractivity contribution in [3.63, 3.8) is 0 Å². The largest absolute Gasteiger partial charge is 0.490 e. The van der Waals surface area contributed by atoms with Crippen molar-refractivity contribution >= 4 is 5.84 Å². The third kappa shape index (κ3) is 6.68. The van der Waals surface area contributed by atoms with Crippen molar-refractivity contribution in [2.24, 2.45) is 4.99 Å². The van der Waals surface area contributed by atoms with Crippen LogP contribution in [0.3, 0.4) is 0 Å². The van der Waals surface area contributed by atoms with Crippen LogP contribution in [-0.4, -0.2) is 68.3 Å². The first-order valence-electron chi connectivity index (χ1n) is 11.8. The summed E-state index contributed by atoms with van der Waals surface area (Å²) < 4.78 is 17.7. The maximum atomic E-state index is 6.24. The van der Waals surface area contributed by atoms with E-state index in [4.69, 9.17) is 19.2 Å². The maximum Gasteiger partial charge on any atom is 0.230 e. The molecule has 0 amide bonds. The summed E-state index contributed by atoms with van der Waals surface area (Å²) in [5, 5.41) is 3.56. The Balaban J connectivity index is 1.49. The summed E-state index contributed by atoms with van der Waals surface area (Å²) in [6.07, 6.45) is 7.17. The number of hydrogen-bond donors (Lipinski definition) is 1. The molecule has 0 unspecified atom stereocenters. The lowest BCUT2D eigenvalue weighted by atomic mass is 10.2. The summed E-state index contributed by atoms with van der Waals surface area (Å²) in [5.41, 5.74) is 0.880. The van der Waals surface area contributed by atoms with E-state index in [2.05, 4.69) is 15.2 Å². The average molecular weight is 439 g/mol. The Labute approximate surface area is 190 Å². The molecule has 0 saturated carbocycles. The van der Waals surface area contributed by atoms with Gasteiger partial charge in [-0.25, -0.2) is 4.98 Å². The zero-order valence-corrected chi connectivity index (χ0v) is 18.8. The van der Waals surface area contributed by atoms with Gasteiger partial charge >= 0.3 is 0 Å². The van der Waals surface area contributed by atoms with Gasteiger partial charge in [-0.3, -0.25) is 9.89 Å². The lowest BCUT2D eigenvalue weighted by Crippen LogP contribution is -2.38. The second-order valence-electron chi connectivity index (χ2n) is 8.13. The van der Waals surface area contributed by atoms with Crippen LogP contribution in [0.25, 0.3) is 0 Å². The number of rotatable bonds is 4. The van der Waals surface area contributed by atoms with Crippen LogP contribution in [0.5, 0.6) is 17.4 Å². The Hall–Kier alpha value is -2.64. The van der Waals surface area contributed by atoms with E-state index in [-0.39, 0.29) is 0 Å². The zero-order chi connectivity index (χ0) is 21.8. The molecule has 1 saturated heterocycles. The topological polar surface area (TPSA) is 68.2 Å². The summed E-state index contributed by atoms with van der Waals surface area (Å²) in [5.74, 6) is 2.82. The number of nitrogens with zero attached hydrogens (tertiary/aromatic N) is 3. The lowest BCUT2D eigenvalue weighted by molar-refractivity contribution is 0.0376. The molecule has 172 valence electrons. The molecule has 32 heavy (non-hydrogen) atoms. The van der Waals surface area contributed by atoms with Gasteiger partial charge in [-0.15, -0.1) is 0 Å². The fraction of sp³-hybridized carbons (Fsp3) is 0.520. The molecule has 1 aromatic heterocycles. The van der Waals surface area contributed by atoms with Gasteiger partial charge in [0.2, 0.25) is 5.88 Å². The summed E-state index contributed by atoms with van der Waals surface area (Å²) in [7, 11) is 0. The molecule has 7 nitrogen and oxygen atoms in total. The van der Waals surface area contributed by atoms with E-state index >= 15 is 0 Å². The number of aromatic nitrogens is 1. The van der Waals surface area contributed by atoms with Gasteiger partial charge in [0.05, 0.1) is 25.4 Å². The number of ether oxygens (including phenoxy) is 3. The highest BCUT2D eigenvalue weighted by Crippen LogP contribution is 2.32. The fourth-order valence-electron chi connectivity index (χ4n) is 3.92. The molecule has 2 aromatic rings. The first-order chi connectivity index (χ1) is 15.9. The molecular weight excluding hydrogens is 404 g/mol. The number of fused-ring (bicyclic) bond motifs is 2. The van der Waals surface area contributed by atoms with Crippen molar-refractivity contribution in [3.8, 4) is 17.4 Å². The predicted octanol–water partition coefficient (Wildman–Crippen LogP) is 3.89. The normalized spacial score (nSPS) is 18.2. The Morgan fingerprint density at radius 2 is 1.75 bits per heavy atom. The van der Waals surface area contributed by atoms with Gasteiger partial charge in [0.15, 0.2) is 11.5 Å². The quantitative estimate of drug-likeness (QED) is 0.731. The standard InChI is InChI=1S/C25H34N4O3/c1-2-6-18-31-22-10-3-4-11-23(22)32-25-21(9-7-13-28-25)24(26-12-5-1)27-14-8-15-29-16-19-30-20-17-29/h3-4,7,9-11,13H,1-2,5-6,8,12,14-20H2,(H,26,27). The molecule has 0 spiro atoms. The second-order valence-corrected chi connectivity index (χ2v) is 8.13. The van der Waals surface area contributed by atoms with E-state index in [0.717, 1.165) is 95.2 Å². The van der Waals surface area contributed by atoms with Crippen LogP contribution in [0, 0.1) is 0 Å². The Kier molecular flexibility index (Phi) is 8.75. The van der Waals surface area contributed by atoms with Crippen molar-refractivity contribution < 1.29 is 14.2 Å². The molecular formula is C25H34N4O3. The number of amidine groups is 1. The zero-order valence-electron chi connectivity index (χ0n) is 18.8. The van der Waals surface area contributed by atoms with E-state index in [1.807, 2.05) is 36.4 Å². The third-order valence-corrected chi connectivity index (χ3v) is 5.71. The minimum Gasteiger partial charge on any atom is -0.490 e. The van der Waals surface area contributed by atoms with Crippen LogP contribution in [-0.2, 0) is 4.74 Å². The highest BCUT2D eigenvalue weighted by Gasteiger charge is 2.16. The molecule has 3 heterocycles. The van der Waals surface area contributed by atoms with E-state index in [9.17, 15) is 0 Å². The van der Waals surface area contributed by atoms with E-state index in [1.165, 1.54) is 0 Å². The first kappa shape index (κ1) is 22.6. The number of benzene rings is 1. The van der Waals surface area contributed by atoms with Crippen molar-refractivity contribution in [2.45, 2.75) is 32.1 Å². The molecule has 1 N–H and O–H groups in total. The molecule has 2 aliphatic rings. The smallest absolute Gasteiger partial charge is 0.230 e. The second kappa shape index (κ2) is 12.4. The van der Waals surface area contributed by atoms with Gasteiger partial charge in [0.1, 0.15) is 5.84 Å². The van der Waals surface area contributed by atoms with Crippen molar-refractivity contribution in [2.75, 3.05) is 52.5 Å². The van der Waals surface area contributed by atoms with Gasteiger partial charge in [-0.05, 0) is 56.5 Å². The summed E-state index contributed by atoms with van der Waals surface area (Å²) in [6.45, 7) is 7.09. The molecule has 4 rings (SSSR count). The van der Waals surface area contributed by atoms with E-state index < -0.39 is 0 Å². The number of hydrogen-bond acceptors (Lipinski definition) is 7. The molecule has 0 atom stereocenters. The molecule has 7 heteroatoms. The number of pyridine rings is 1. The molecule has 0 radical (unpaired) electrons. The van der Waals surface area contributed by atoms with E-state index in [1.54, 1.807) is 6.20 Å². The molecule has 0 aliphatic carbocycles. The minimum absolute atomic E-state index is 0.542. The third-order valence-electron chi connectivity index (χ3n) is 5.71. The van der Waals surface area contributed by atoms with Crippen LogP contribution in [0.2, 0.25) is 0 Å². The van der Waals surface area contributed by atoms with Crippen LogP contribution in [0.15, 0.2) is 47.6 Å². The first-order valence-corrected chi connectivity index (χ1v) is 11.8. The summed E-state index contributed by atoms with van der Waals surface area (Å²) >= 11 is 0. The molecule has 1 fully saturated rings. The Morgan fingerprint density at radius 1 is 0.906 bits per heavy atom. The van der Waals surface area contributed by atoms with Crippen molar-refractivity contribution in [3.05, 3.63) is 48.2 Å². The Morgan fingerprint density at radius 3 is 2.66 bits per heavy atom. The number of morpholine rings is 1. The van der Waals surface area contributed by atoms with Crippen molar-refractivity contribution in [1.82, 2.24) is 15.2 Å². The summed E-state index contributed by atoms with van der Waals surface area (Å²) in [6, 6.07) is 11.7. The molecule has 1 aromatic carbocycles.